The van der Waals surface area contributed by atoms with E-state index in [1.165, 1.54) is 19.3 Å². The second-order valence-corrected chi connectivity index (χ2v) is 7.45. The van der Waals surface area contributed by atoms with Crippen LogP contribution in [-0.4, -0.2) is 21.0 Å². The van der Waals surface area contributed by atoms with Crippen molar-refractivity contribution < 1.29 is 5.11 Å². The fourth-order valence-electron chi connectivity index (χ4n) is 4.27. The Bertz CT molecular complexity index is 1110. The maximum Gasteiger partial charge on any atom is 0.127 e. The summed E-state index contributed by atoms with van der Waals surface area (Å²) in [6.45, 7) is 1.60. The highest BCUT2D eigenvalue weighted by Gasteiger charge is 2.33. The standard InChI is InChI=1S/C22H20N4O/c23-10-13-4-1-2-7-15(13)16-8-9-19(27)20-21(24)17-11-26(14-5-3-6-14)12-18(17)25-22(16)20/h1-2,4,7-9,14,27H,3,5-6,11-12H2,(H2,24,25). The van der Waals surface area contributed by atoms with Crippen LogP contribution in [0.4, 0.5) is 5.69 Å². The molecule has 1 aromatic heterocycles. The van der Waals surface area contributed by atoms with Gasteiger partial charge in [0, 0.05) is 35.8 Å². The summed E-state index contributed by atoms with van der Waals surface area (Å²) in [7, 11) is 0. The van der Waals surface area contributed by atoms with Gasteiger partial charge in [-0.25, -0.2) is 0 Å². The van der Waals surface area contributed by atoms with Crippen molar-refractivity contribution in [2.45, 2.75) is 38.4 Å². The maximum atomic E-state index is 10.5. The van der Waals surface area contributed by atoms with Crippen LogP contribution in [0.5, 0.6) is 5.75 Å². The molecule has 3 N–H and O–H groups in total. The number of phenolic OH excluding ortho intramolecular Hbond substituents is 1. The molecule has 0 atom stereocenters. The molecular formula is C22H20N4O. The van der Waals surface area contributed by atoms with Gasteiger partial charge in [-0.15, -0.1) is 0 Å². The molecule has 0 saturated heterocycles. The second-order valence-electron chi connectivity index (χ2n) is 7.45. The average molecular weight is 356 g/mol. The van der Waals surface area contributed by atoms with Gasteiger partial charge in [-0.1, -0.05) is 24.6 Å². The summed E-state index contributed by atoms with van der Waals surface area (Å²) in [5.41, 5.74) is 12.1. The van der Waals surface area contributed by atoms with Crippen molar-refractivity contribution in [2.75, 3.05) is 5.73 Å². The van der Waals surface area contributed by atoms with Gasteiger partial charge < -0.3 is 10.8 Å². The number of nitrogens with two attached hydrogens (primary N) is 1. The van der Waals surface area contributed by atoms with Crippen LogP contribution in [0.15, 0.2) is 36.4 Å². The van der Waals surface area contributed by atoms with Gasteiger partial charge in [-0.2, -0.15) is 5.26 Å². The lowest BCUT2D eigenvalue weighted by Crippen LogP contribution is -2.36. The average Bonchev–Trinajstić information content (AvgIpc) is 3.04. The maximum absolute atomic E-state index is 10.5. The smallest absolute Gasteiger partial charge is 0.127 e. The van der Waals surface area contributed by atoms with Crippen LogP contribution in [-0.2, 0) is 13.1 Å². The van der Waals surface area contributed by atoms with Gasteiger partial charge >= 0.3 is 0 Å². The predicted octanol–water partition coefficient (Wildman–Crippen LogP) is 3.93. The monoisotopic (exact) mass is 356 g/mol. The first kappa shape index (κ1) is 16.1. The van der Waals surface area contributed by atoms with Gasteiger partial charge in [0.15, 0.2) is 0 Å². The van der Waals surface area contributed by atoms with E-state index in [0.29, 0.717) is 28.2 Å². The number of aromatic hydroxyl groups is 1. The van der Waals surface area contributed by atoms with Crippen LogP contribution >= 0.6 is 0 Å². The fraction of sp³-hybridized carbons (Fsp3) is 0.273. The van der Waals surface area contributed by atoms with Crippen LogP contribution in [0.1, 0.15) is 36.1 Å². The summed E-state index contributed by atoms with van der Waals surface area (Å²) >= 11 is 0. The summed E-state index contributed by atoms with van der Waals surface area (Å²) in [6.07, 6.45) is 3.76. The van der Waals surface area contributed by atoms with Crippen LogP contribution in [0.2, 0.25) is 0 Å². The molecule has 2 aromatic carbocycles. The van der Waals surface area contributed by atoms with E-state index >= 15 is 0 Å². The van der Waals surface area contributed by atoms with Crippen molar-refractivity contribution >= 4 is 16.6 Å². The minimum absolute atomic E-state index is 0.137. The molecule has 0 amide bonds. The topological polar surface area (TPSA) is 86.2 Å². The third kappa shape index (κ3) is 2.37. The Hall–Kier alpha value is -3.10. The predicted molar refractivity (Wildman–Crippen MR) is 105 cm³/mol. The molecule has 0 bridgehead atoms. The highest BCUT2D eigenvalue weighted by atomic mass is 16.3. The molecule has 2 aliphatic rings. The van der Waals surface area contributed by atoms with Crippen molar-refractivity contribution in [1.29, 1.82) is 5.26 Å². The Kier molecular flexibility index (Phi) is 3.56. The molecule has 5 heteroatoms. The zero-order valence-corrected chi connectivity index (χ0v) is 14.9. The zero-order valence-electron chi connectivity index (χ0n) is 14.9. The van der Waals surface area contributed by atoms with Gasteiger partial charge in [0.05, 0.1) is 33.9 Å². The highest BCUT2D eigenvalue weighted by Crippen LogP contribution is 2.42. The van der Waals surface area contributed by atoms with Gasteiger partial charge in [0.25, 0.3) is 0 Å². The zero-order chi connectivity index (χ0) is 18.5. The molecule has 0 spiro atoms. The molecule has 1 saturated carbocycles. The first-order valence-electron chi connectivity index (χ1n) is 9.34. The van der Waals surface area contributed by atoms with Crippen molar-refractivity contribution in [3.63, 3.8) is 0 Å². The normalized spacial score (nSPS) is 16.9. The highest BCUT2D eigenvalue weighted by molar-refractivity contribution is 6.05. The van der Waals surface area contributed by atoms with Gasteiger partial charge in [-0.3, -0.25) is 9.88 Å². The minimum atomic E-state index is 0.137. The third-order valence-corrected chi connectivity index (χ3v) is 5.99. The van der Waals surface area contributed by atoms with E-state index in [1.807, 2.05) is 24.3 Å². The van der Waals surface area contributed by atoms with Gasteiger partial charge in [-0.05, 0) is 31.0 Å². The molecule has 1 aliphatic heterocycles. The Morgan fingerprint density at radius 3 is 2.67 bits per heavy atom. The number of hydrogen-bond acceptors (Lipinski definition) is 5. The summed E-state index contributed by atoms with van der Waals surface area (Å²) in [5, 5.41) is 20.6. The van der Waals surface area contributed by atoms with E-state index in [0.717, 1.165) is 35.5 Å². The SMILES string of the molecule is N#Cc1ccccc1-c1ccc(O)c2c(N)c3c(nc12)CN(C1CCC1)C3. The lowest BCUT2D eigenvalue weighted by molar-refractivity contribution is 0.126. The van der Waals surface area contributed by atoms with E-state index in [9.17, 15) is 10.4 Å². The number of nitrogen functional groups attached to an aromatic ring is 1. The van der Waals surface area contributed by atoms with Crippen molar-refractivity contribution in [1.82, 2.24) is 9.88 Å². The number of aromatic nitrogens is 1. The number of anilines is 1. The Labute approximate surface area is 157 Å². The Morgan fingerprint density at radius 1 is 1.11 bits per heavy atom. The van der Waals surface area contributed by atoms with E-state index < -0.39 is 0 Å². The lowest BCUT2D eigenvalue weighted by Gasteiger charge is -2.34. The summed E-state index contributed by atoms with van der Waals surface area (Å²) in [5.74, 6) is 0.137. The third-order valence-electron chi connectivity index (χ3n) is 5.99. The molecule has 2 heterocycles. The van der Waals surface area contributed by atoms with Gasteiger partial charge in [0.2, 0.25) is 0 Å². The van der Waals surface area contributed by atoms with Crippen LogP contribution < -0.4 is 5.73 Å². The first-order chi connectivity index (χ1) is 13.2. The van der Waals surface area contributed by atoms with E-state index in [-0.39, 0.29) is 5.75 Å². The Balaban J connectivity index is 1.73. The van der Waals surface area contributed by atoms with Crippen LogP contribution in [0.3, 0.4) is 0 Å². The van der Waals surface area contributed by atoms with Crippen molar-refractivity contribution in [2.24, 2.45) is 0 Å². The van der Waals surface area contributed by atoms with Gasteiger partial charge in [0.1, 0.15) is 5.75 Å². The minimum Gasteiger partial charge on any atom is -0.507 e. The number of hydrogen-bond donors (Lipinski definition) is 2. The molecule has 0 unspecified atom stereocenters. The molecule has 3 aromatic rings. The number of nitriles is 1. The molecule has 1 aliphatic carbocycles. The number of pyridine rings is 1. The largest absolute Gasteiger partial charge is 0.507 e. The van der Waals surface area contributed by atoms with E-state index in [1.54, 1.807) is 12.1 Å². The summed E-state index contributed by atoms with van der Waals surface area (Å²) in [6, 6.07) is 13.8. The number of fused-ring (bicyclic) bond motifs is 2. The van der Waals surface area contributed by atoms with Crippen molar-refractivity contribution in [3.05, 3.63) is 53.2 Å². The molecule has 134 valence electrons. The molecule has 5 nitrogen and oxygen atoms in total. The summed E-state index contributed by atoms with van der Waals surface area (Å²) in [4.78, 5) is 7.37. The fourth-order valence-corrected chi connectivity index (χ4v) is 4.27. The molecular weight excluding hydrogens is 336 g/mol. The quantitative estimate of drug-likeness (QED) is 0.726. The van der Waals surface area contributed by atoms with E-state index in [4.69, 9.17) is 10.7 Å². The lowest BCUT2D eigenvalue weighted by atomic mass is 9.92. The van der Waals surface area contributed by atoms with Crippen molar-refractivity contribution in [3.8, 4) is 22.9 Å². The number of nitrogens with zero attached hydrogens (tertiary/aromatic N) is 3. The molecule has 1 fully saturated rings. The van der Waals surface area contributed by atoms with Crippen LogP contribution in [0, 0.1) is 11.3 Å². The Morgan fingerprint density at radius 2 is 1.93 bits per heavy atom. The summed E-state index contributed by atoms with van der Waals surface area (Å²) < 4.78 is 0. The molecule has 27 heavy (non-hydrogen) atoms. The van der Waals surface area contributed by atoms with Crippen LogP contribution in [0.25, 0.3) is 22.0 Å². The molecule has 5 rings (SSSR count). The number of benzene rings is 2. The first-order valence-corrected chi connectivity index (χ1v) is 9.34. The number of rotatable bonds is 2. The second kappa shape index (κ2) is 5.97. The molecule has 0 radical (unpaired) electrons. The number of phenols is 1. The van der Waals surface area contributed by atoms with E-state index in [2.05, 4.69) is 11.0 Å².